The maximum absolute atomic E-state index is 5.85. The van der Waals surface area contributed by atoms with Crippen LogP contribution >= 0.6 is 0 Å². The second kappa shape index (κ2) is 2.86. The number of hydrogen-bond donors (Lipinski definition) is 1. The zero-order valence-electron chi connectivity index (χ0n) is 8.07. The molecule has 1 aromatic rings. The standard InChI is InChI=1S/C8H16N4/c1-6(2)12-5-7(10-11-12)8(3,4)9/h5-6H,9H2,1-4H3. The summed E-state index contributed by atoms with van der Waals surface area (Å²) in [4.78, 5) is 0. The average molecular weight is 168 g/mol. The van der Waals surface area contributed by atoms with Gasteiger partial charge in [0.05, 0.1) is 11.7 Å². The van der Waals surface area contributed by atoms with Gasteiger partial charge in [0, 0.05) is 6.04 Å². The molecular formula is C8H16N4. The smallest absolute Gasteiger partial charge is 0.102 e. The largest absolute Gasteiger partial charge is 0.320 e. The first kappa shape index (κ1) is 9.19. The zero-order chi connectivity index (χ0) is 9.35. The molecule has 4 nitrogen and oxygen atoms in total. The second-order valence-electron chi connectivity index (χ2n) is 3.90. The third-order valence-electron chi connectivity index (χ3n) is 1.70. The molecule has 4 heteroatoms. The predicted molar refractivity (Wildman–Crippen MR) is 47.6 cm³/mol. The van der Waals surface area contributed by atoms with Gasteiger partial charge < -0.3 is 5.73 Å². The van der Waals surface area contributed by atoms with E-state index in [4.69, 9.17) is 5.73 Å². The Kier molecular flexibility index (Phi) is 2.19. The van der Waals surface area contributed by atoms with Crippen LogP contribution in [0, 0.1) is 0 Å². The lowest BCUT2D eigenvalue weighted by molar-refractivity contribution is 0.513. The molecule has 0 amide bonds. The molecule has 1 aromatic heterocycles. The third kappa shape index (κ3) is 1.82. The quantitative estimate of drug-likeness (QED) is 0.718. The molecule has 0 unspecified atom stereocenters. The molecule has 1 rings (SSSR count). The van der Waals surface area contributed by atoms with Crippen molar-refractivity contribution in [2.75, 3.05) is 0 Å². The summed E-state index contributed by atoms with van der Waals surface area (Å²) >= 11 is 0. The molecule has 0 saturated heterocycles. The van der Waals surface area contributed by atoms with Crippen LogP contribution in [-0.2, 0) is 5.54 Å². The van der Waals surface area contributed by atoms with E-state index in [-0.39, 0.29) is 0 Å². The monoisotopic (exact) mass is 168 g/mol. The van der Waals surface area contributed by atoms with Crippen LogP contribution in [0.3, 0.4) is 0 Å². The van der Waals surface area contributed by atoms with Crippen molar-refractivity contribution in [3.63, 3.8) is 0 Å². The number of rotatable bonds is 2. The highest BCUT2D eigenvalue weighted by atomic mass is 15.4. The van der Waals surface area contributed by atoms with Crippen LogP contribution in [0.4, 0.5) is 0 Å². The van der Waals surface area contributed by atoms with Gasteiger partial charge in [-0.1, -0.05) is 5.21 Å². The molecule has 0 aliphatic rings. The molecule has 1 heterocycles. The van der Waals surface area contributed by atoms with E-state index in [1.807, 2.05) is 24.7 Å². The summed E-state index contributed by atoms with van der Waals surface area (Å²) in [6.45, 7) is 7.95. The molecule has 0 fully saturated rings. The van der Waals surface area contributed by atoms with E-state index >= 15 is 0 Å². The fraction of sp³-hybridized carbons (Fsp3) is 0.750. The van der Waals surface area contributed by atoms with Crippen LogP contribution < -0.4 is 5.73 Å². The molecule has 0 aliphatic carbocycles. The molecule has 0 bridgehead atoms. The van der Waals surface area contributed by atoms with Crippen LogP contribution in [-0.4, -0.2) is 15.0 Å². The summed E-state index contributed by atoms with van der Waals surface area (Å²) < 4.78 is 1.81. The van der Waals surface area contributed by atoms with Crippen LogP contribution in [0.2, 0.25) is 0 Å². The Morgan fingerprint density at radius 3 is 2.33 bits per heavy atom. The summed E-state index contributed by atoms with van der Waals surface area (Å²) in [6, 6.07) is 0.341. The van der Waals surface area contributed by atoms with Gasteiger partial charge >= 0.3 is 0 Å². The van der Waals surface area contributed by atoms with Gasteiger partial charge in [-0.25, -0.2) is 4.68 Å². The van der Waals surface area contributed by atoms with E-state index in [1.54, 1.807) is 0 Å². The Balaban J connectivity index is 2.92. The number of nitrogens with two attached hydrogens (primary N) is 1. The SMILES string of the molecule is CC(C)n1cc(C(C)(C)N)nn1. The Hall–Kier alpha value is -0.900. The minimum absolute atomic E-state index is 0.341. The van der Waals surface area contributed by atoms with Crippen molar-refractivity contribution in [3.8, 4) is 0 Å². The highest BCUT2D eigenvalue weighted by Crippen LogP contribution is 2.14. The summed E-state index contributed by atoms with van der Waals surface area (Å²) in [7, 11) is 0. The van der Waals surface area contributed by atoms with Crippen LogP contribution in [0.1, 0.15) is 39.4 Å². The maximum Gasteiger partial charge on any atom is 0.102 e. The molecule has 0 radical (unpaired) electrons. The van der Waals surface area contributed by atoms with Gasteiger partial charge in [0.2, 0.25) is 0 Å². The minimum Gasteiger partial charge on any atom is -0.320 e. The van der Waals surface area contributed by atoms with Gasteiger partial charge in [-0.3, -0.25) is 0 Å². The fourth-order valence-electron chi connectivity index (χ4n) is 0.824. The second-order valence-corrected chi connectivity index (χ2v) is 3.90. The van der Waals surface area contributed by atoms with E-state index in [0.29, 0.717) is 6.04 Å². The summed E-state index contributed by atoms with van der Waals surface area (Å²) in [5, 5.41) is 7.97. The number of nitrogens with zero attached hydrogens (tertiary/aromatic N) is 3. The predicted octanol–water partition coefficient (Wildman–Crippen LogP) is 1.05. The van der Waals surface area contributed by atoms with E-state index in [9.17, 15) is 0 Å². The van der Waals surface area contributed by atoms with Crippen molar-refractivity contribution >= 4 is 0 Å². The van der Waals surface area contributed by atoms with Crippen molar-refractivity contribution in [1.29, 1.82) is 0 Å². The van der Waals surface area contributed by atoms with Crippen LogP contribution in [0.5, 0.6) is 0 Å². The van der Waals surface area contributed by atoms with Crippen molar-refractivity contribution < 1.29 is 0 Å². The molecule has 12 heavy (non-hydrogen) atoms. The van der Waals surface area contributed by atoms with E-state index < -0.39 is 5.54 Å². The van der Waals surface area contributed by atoms with Gasteiger partial charge in [-0.15, -0.1) is 5.10 Å². The summed E-state index contributed by atoms with van der Waals surface area (Å²) in [5.41, 5.74) is 6.29. The van der Waals surface area contributed by atoms with Crippen molar-refractivity contribution in [1.82, 2.24) is 15.0 Å². The molecular weight excluding hydrogens is 152 g/mol. The normalized spacial score (nSPS) is 12.5. The van der Waals surface area contributed by atoms with Crippen molar-refractivity contribution in [2.45, 2.75) is 39.3 Å². The Morgan fingerprint density at radius 2 is 2.08 bits per heavy atom. The molecule has 2 N–H and O–H groups in total. The molecule has 0 spiro atoms. The lowest BCUT2D eigenvalue weighted by atomic mass is 10.0. The van der Waals surface area contributed by atoms with Crippen molar-refractivity contribution in [3.05, 3.63) is 11.9 Å². The highest BCUT2D eigenvalue weighted by molar-refractivity contribution is 5.05. The Labute approximate surface area is 72.8 Å². The topological polar surface area (TPSA) is 56.7 Å². The fourth-order valence-corrected chi connectivity index (χ4v) is 0.824. The van der Waals surface area contributed by atoms with Crippen molar-refractivity contribution in [2.24, 2.45) is 5.73 Å². The maximum atomic E-state index is 5.85. The highest BCUT2D eigenvalue weighted by Gasteiger charge is 2.18. The Morgan fingerprint density at radius 1 is 1.50 bits per heavy atom. The third-order valence-corrected chi connectivity index (χ3v) is 1.70. The first-order valence-electron chi connectivity index (χ1n) is 4.12. The summed E-state index contributed by atoms with van der Waals surface area (Å²) in [6.07, 6.45) is 1.89. The minimum atomic E-state index is -0.396. The van der Waals surface area contributed by atoms with Crippen LogP contribution in [0.25, 0.3) is 0 Å². The molecule has 0 saturated carbocycles. The lowest BCUT2D eigenvalue weighted by Crippen LogP contribution is -2.29. The molecule has 68 valence electrons. The first-order chi connectivity index (χ1) is 5.41. The van der Waals surface area contributed by atoms with E-state index in [2.05, 4.69) is 24.2 Å². The number of aromatic nitrogens is 3. The van der Waals surface area contributed by atoms with Crippen LogP contribution in [0.15, 0.2) is 6.20 Å². The van der Waals surface area contributed by atoms with Gasteiger partial charge in [0.15, 0.2) is 0 Å². The van der Waals surface area contributed by atoms with Gasteiger partial charge in [0.25, 0.3) is 0 Å². The average Bonchev–Trinajstić information content (AvgIpc) is 2.30. The lowest BCUT2D eigenvalue weighted by Gasteiger charge is -2.13. The van der Waals surface area contributed by atoms with Gasteiger partial charge in [0.1, 0.15) is 5.69 Å². The molecule has 0 aromatic carbocycles. The van der Waals surface area contributed by atoms with Gasteiger partial charge in [-0.05, 0) is 27.7 Å². The molecule has 0 atom stereocenters. The van der Waals surface area contributed by atoms with E-state index in [1.165, 1.54) is 0 Å². The summed E-state index contributed by atoms with van der Waals surface area (Å²) in [5.74, 6) is 0. The molecule has 0 aliphatic heterocycles. The van der Waals surface area contributed by atoms with E-state index in [0.717, 1.165) is 5.69 Å². The first-order valence-corrected chi connectivity index (χ1v) is 4.12. The zero-order valence-corrected chi connectivity index (χ0v) is 8.07. The van der Waals surface area contributed by atoms with Gasteiger partial charge in [-0.2, -0.15) is 0 Å². The Bertz CT molecular complexity index is 256. The number of hydrogen-bond acceptors (Lipinski definition) is 3.